The maximum atomic E-state index is 12.7. The summed E-state index contributed by atoms with van der Waals surface area (Å²) >= 11 is 0. The second kappa shape index (κ2) is 7.21. The van der Waals surface area contributed by atoms with Crippen LogP contribution >= 0.6 is 0 Å². The molecule has 1 atom stereocenters. The van der Waals surface area contributed by atoms with E-state index in [4.69, 9.17) is 5.26 Å². The van der Waals surface area contributed by atoms with Crippen LogP contribution in [0.15, 0.2) is 54.6 Å². The predicted octanol–water partition coefficient (Wildman–Crippen LogP) is 3.65. The van der Waals surface area contributed by atoms with E-state index in [0.717, 1.165) is 38.0 Å². The van der Waals surface area contributed by atoms with Crippen molar-refractivity contribution in [1.82, 2.24) is 4.90 Å². The Morgan fingerprint density at radius 1 is 1.13 bits per heavy atom. The Balaban J connectivity index is 1.65. The van der Waals surface area contributed by atoms with Gasteiger partial charge in [0.05, 0.1) is 11.6 Å². The molecule has 116 valence electrons. The van der Waals surface area contributed by atoms with E-state index in [0.29, 0.717) is 5.56 Å². The molecular formula is C20H20N2O. The predicted molar refractivity (Wildman–Crippen MR) is 89.9 cm³/mol. The molecule has 1 heterocycles. The van der Waals surface area contributed by atoms with E-state index >= 15 is 0 Å². The SMILES string of the molecule is N#Cc1ccc(C(=O)C2CCCN(Cc3ccccc3)C2)cc1. The summed E-state index contributed by atoms with van der Waals surface area (Å²) in [5, 5.41) is 8.85. The number of nitrogens with zero attached hydrogens (tertiary/aromatic N) is 2. The minimum atomic E-state index is 0.0559. The van der Waals surface area contributed by atoms with E-state index in [2.05, 4.69) is 35.2 Å². The summed E-state index contributed by atoms with van der Waals surface area (Å²) in [5.41, 5.74) is 2.60. The number of hydrogen-bond acceptors (Lipinski definition) is 3. The molecule has 3 nitrogen and oxygen atoms in total. The standard InChI is InChI=1S/C20H20N2O/c21-13-16-8-10-18(11-9-16)20(23)19-7-4-12-22(15-19)14-17-5-2-1-3-6-17/h1-3,5-6,8-11,19H,4,7,12,14-15H2. The molecule has 0 spiro atoms. The van der Waals surface area contributed by atoms with Crippen molar-refractivity contribution in [2.45, 2.75) is 19.4 Å². The van der Waals surface area contributed by atoms with Crippen LogP contribution in [-0.4, -0.2) is 23.8 Å². The first-order valence-corrected chi connectivity index (χ1v) is 8.07. The lowest BCUT2D eigenvalue weighted by Crippen LogP contribution is -2.38. The molecule has 3 rings (SSSR count). The summed E-state index contributed by atoms with van der Waals surface area (Å²) in [6.45, 7) is 2.76. The molecule has 1 aliphatic heterocycles. The van der Waals surface area contributed by atoms with Gasteiger partial charge in [-0.15, -0.1) is 0 Å². The molecule has 0 aromatic heterocycles. The van der Waals surface area contributed by atoms with Crippen molar-refractivity contribution in [1.29, 1.82) is 5.26 Å². The second-order valence-electron chi connectivity index (χ2n) is 6.11. The smallest absolute Gasteiger partial charge is 0.167 e. The number of likely N-dealkylation sites (tertiary alicyclic amines) is 1. The number of ketones is 1. The van der Waals surface area contributed by atoms with Crippen LogP contribution in [0.25, 0.3) is 0 Å². The molecular weight excluding hydrogens is 284 g/mol. The van der Waals surface area contributed by atoms with Crippen molar-refractivity contribution in [3.8, 4) is 6.07 Å². The first-order valence-electron chi connectivity index (χ1n) is 8.07. The largest absolute Gasteiger partial charge is 0.298 e. The molecule has 0 radical (unpaired) electrons. The van der Waals surface area contributed by atoms with Crippen molar-refractivity contribution in [2.75, 3.05) is 13.1 Å². The first kappa shape index (κ1) is 15.5. The molecule has 1 fully saturated rings. The summed E-state index contributed by atoms with van der Waals surface area (Å²) in [6, 6.07) is 19.5. The van der Waals surface area contributed by atoms with Gasteiger partial charge in [-0.3, -0.25) is 9.69 Å². The Hall–Kier alpha value is -2.44. The van der Waals surface area contributed by atoms with Gasteiger partial charge in [0.1, 0.15) is 0 Å². The number of carbonyl (C=O) groups excluding carboxylic acids is 1. The highest BCUT2D eigenvalue weighted by Crippen LogP contribution is 2.22. The number of piperidine rings is 1. The quantitative estimate of drug-likeness (QED) is 0.810. The Kier molecular flexibility index (Phi) is 4.85. The van der Waals surface area contributed by atoms with Gasteiger partial charge in [0.25, 0.3) is 0 Å². The van der Waals surface area contributed by atoms with E-state index in [1.807, 2.05) is 6.07 Å². The summed E-state index contributed by atoms with van der Waals surface area (Å²) in [7, 11) is 0. The zero-order chi connectivity index (χ0) is 16.1. The van der Waals surface area contributed by atoms with Crippen molar-refractivity contribution in [2.24, 2.45) is 5.92 Å². The van der Waals surface area contributed by atoms with E-state index in [1.54, 1.807) is 24.3 Å². The van der Waals surface area contributed by atoms with Gasteiger partial charge in [0.15, 0.2) is 5.78 Å². The van der Waals surface area contributed by atoms with Gasteiger partial charge >= 0.3 is 0 Å². The minimum absolute atomic E-state index is 0.0559. The third-order valence-corrected chi connectivity index (χ3v) is 4.42. The number of benzene rings is 2. The fraction of sp³-hybridized carbons (Fsp3) is 0.300. The van der Waals surface area contributed by atoms with Crippen LogP contribution in [0.4, 0.5) is 0 Å². The highest BCUT2D eigenvalue weighted by Gasteiger charge is 2.26. The van der Waals surface area contributed by atoms with Crippen LogP contribution in [0.3, 0.4) is 0 Å². The van der Waals surface area contributed by atoms with Gasteiger partial charge in [-0.25, -0.2) is 0 Å². The van der Waals surface area contributed by atoms with Crippen LogP contribution in [-0.2, 0) is 6.54 Å². The summed E-state index contributed by atoms with van der Waals surface area (Å²) in [5.74, 6) is 0.257. The van der Waals surface area contributed by atoms with Crippen molar-refractivity contribution < 1.29 is 4.79 Å². The zero-order valence-electron chi connectivity index (χ0n) is 13.1. The van der Waals surface area contributed by atoms with Gasteiger partial charge in [0, 0.05) is 24.6 Å². The highest BCUT2D eigenvalue weighted by atomic mass is 16.1. The fourth-order valence-corrected chi connectivity index (χ4v) is 3.20. The molecule has 1 saturated heterocycles. The normalized spacial score (nSPS) is 18.3. The van der Waals surface area contributed by atoms with Crippen LogP contribution < -0.4 is 0 Å². The van der Waals surface area contributed by atoms with Crippen molar-refractivity contribution in [3.63, 3.8) is 0 Å². The molecule has 3 heteroatoms. The number of nitriles is 1. The van der Waals surface area contributed by atoms with Crippen LogP contribution in [0.5, 0.6) is 0 Å². The number of carbonyl (C=O) groups is 1. The maximum Gasteiger partial charge on any atom is 0.167 e. The number of Topliss-reactive ketones (excluding diaryl/α,β-unsaturated/α-hetero) is 1. The van der Waals surface area contributed by atoms with Gasteiger partial charge in [-0.1, -0.05) is 42.5 Å². The molecule has 0 N–H and O–H groups in total. The third kappa shape index (κ3) is 3.85. The molecule has 0 bridgehead atoms. The van der Waals surface area contributed by atoms with Gasteiger partial charge < -0.3 is 0 Å². The number of rotatable bonds is 4. The molecule has 23 heavy (non-hydrogen) atoms. The zero-order valence-corrected chi connectivity index (χ0v) is 13.1. The first-order chi connectivity index (χ1) is 11.3. The Morgan fingerprint density at radius 3 is 2.57 bits per heavy atom. The summed E-state index contributed by atoms with van der Waals surface area (Å²) in [4.78, 5) is 15.1. The van der Waals surface area contributed by atoms with E-state index in [1.165, 1.54) is 5.56 Å². The fourth-order valence-electron chi connectivity index (χ4n) is 3.20. The topological polar surface area (TPSA) is 44.1 Å². The van der Waals surface area contributed by atoms with Gasteiger partial charge in [0.2, 0.25) is 0 Å². The van der Waals surface area contributed by atoms with E-state index < -0.39 is 0 Å². The highest BCUT2D eigenvalue weighted by molar-refractivity contribution is 5.98. The van der Waals surface area contributed by atoms with Gasteiger partial charge in [-0.2, -0.15) is 5.26 Å². The molecule has 0 amide bonds. The molecule has 2 aromatic carbocycles. The third-order valence-electron chi connectivity index (χ3n) is 4.42. The lowest BCUT2D eigenvalue weighted by molar-refractivity contribution is 0.0811. The average molecular weight is 304 g/mol. The summed E-state index contributed by atoms with van der Waals surface area (Å²) < 4.78 is 0. The minimum Gasteiger partial charge on any atom is -0.298 e. The van der Waals surface area contributed by atoms with Crippen molar-refractivity contribution in [3.05, 3.63) is 71.3 Å². The van der Waals surface area contributed by atoms with Crippen molar-refractivity contribution >= 4 is 5.78 Å². The Bertz CT molecular complexity index is 701. The maximum absolute atomic E-state index is 12.7. The van der Waals surface area contributed by atoms with Crippen LogP contribution in [0, 0.1) is 17.2 Å². The average Bonchev–Trinajstić information content (AvgIpc) is 2.62. The van der Waals surface area contributed by atoms with E-state index in [9.17, 15) is 4.79 Å². The summed E-state index contributed by atoms with van der Waals surface area (Å²) in [6.07, 6.45) is 2.00. The molecule has 0 saturated carbocycles. The lowest BCUT2D eigenvalue weighted by Gasteiger charge is -2.32. The molecule has 2 aromatic rings. The Morgan fingerprint density at radius 2 is 1.87 bits per heavy atom. The molecule has 0 aliphatic carbocycles. The second-order valence-corrected chi connectivity index (χ2v) is 6.11. The molecule has 1 unspecified atom stereocenters. The van der Waals surface area contributed by atoms with Crippen LogP contribution in [0.1, 0.15) is 34.3 Å². The Labute approximate surface area is 137 Å². The van der Waals surface area contributed by atoms with Gasteiger partial charge in [-0.05, 0) is 37.1 Å². The lowest BCUT2D eigenvalue weighted by atomic mass is 9.89. The van der Waals surface area contributed by atoms with Crippen LogP contribution in [0.2, 0.25) is 0 Å². The monoisotopic (exact) mass is 304 g/mol. The number of hydrogen-bond donors (Lipinski definition) is 0. The van der Waals surface area contributed by atoms with E-state index in [-0.39, 0.29) is 11.7 Å². The molecule has 1 aliphatic rings.